The Balaban J connectivity index is 1.65. The lowest BCUT2D eigenvalue weighted by atomic mass is 9.95. The Bertz CT molecular complexity index is 1080. The number of thiophene rings is 1. The summed E-state index contributed by atoms with van der Waals surface area (Å²) in [5.74, 6) is -0.804. The largest absolute Gasteiger partial charge is 0.465 e. The molecule has 33 heavy (non-hydrogen) atoms. The van der Waals surface area contributed by atoms with Crippen molar-refractivity contribution in [2.24, 2.45) is 0 Å². The van der Waals surface area contributed by atoms with Gasteiger partial charge in [0.1, 0.15) is 10.8 Å². The summed E-state index contributed by atoms with van der Waals surface area (Å²) >= 11 is 1.41. The van der Waals surface area contributed by atoms with Gasteiger partial charge in [-0.25, -0.2) is 0 Å². The highest BCUT2D eigenvalue weighted by Gasteiger charge is 2.50. The second kappa shape index (κ2) is 9.52. The number of amides is 3. The zero-order valence-electron chi connectivity index (χ0n) is 19.2. The first-order chi connectivity index (χ1) is 15.9. The Morgan fingerprint density at radius 2 is 2.00 bits per heavy atom. The van der Waals surface area contributed by atoms with Gasteiger partial charge < -0.3 is 25.0 Å². The molecule has 1 unspecified atom stereocenters. The van der Waals surface area contributed by atoms with Gasteiger partial charge in [-0.1, -0.05) is 12.1 Å². The number of methoxy groups -OCH3 is 1. The van der Waals surface area contributed by atoms with Gasteiger partial charge in [-0.2, -0.15) is 0 Å². The van der Waals surface area contributed by atoms with Crippen LogP contribution >= 0.6 is 11.3 Å². The number of nitrogens with zero attached hydrogens (tertiary/aromatic N) is 1. The van der Waals surface area contributed by atoms with Gasteiger partial charge in [-0.3, -0.25) is 14.4 Å². The van der Waals surface area contributed by atoms with E-state index in [-0.39, 0.29) is 5.91 Å². The molecule has 2 heterocycles. The van der Waals surface area contributed by atoms with Crippen LogP contribution in [-0.4, -0.2) is 50.1 Å². The first-order valence-corrected chi connectivity index (χ1v) is 12.1. The van der Waals surface area contributed by atoms with Gasteiger partial charge in [0.15, 0.2) is 0 Å². The second-order valence-corrected chi connectivity index (χ2v) is 9.38. The summed E-state index contributed by atoms with van der Waals surface area (Å²) in [7, 11) is 1.57. The summed E-state index contributed by atoms with van der Waals surface area (Å²) in [5.41, 5.74) is 0.357. The number of para-hydroxylation sites is 2. The summed E-state index contributed by atoms with van der Waals surface area (Å²) in [5, 5.41) is 6.19. The molecule has 4 rings (SSSR count). The van der Waals surface area contributed by atoms with Gasteiger partial charge in [-0.05, 0) is 57.2 Å². The van der Waals surface area contributed by atoms with Crippen molar-refractivity contribution in [2.45, 2.75) is 45.1 Å². The van der Waals surface area contributed by atoms with E-state index >= 15 is 0 Å². The molecular formula is C24H29N3O5S. The lowest BCUT2D eigenvalue weighted by Gasteiger charge is -2.39. The van der Waals surface area contributed by atoms with Gasteiger partial charge in [0.05, 0.1) is 17.9 Å². The molecule has 0 saturated carbocycles. The lowest BCUT2D eigenvalue weighted by molar-refractivity contribution is -0.145. The monoisotopic (exact) mass is 471 g/mol. The Hall–Kier alpha value is -2.91. The number of carbonyl (C=O) groups excluding carboxylic acids is 3. The van der Waals surface area contributed by atoms with Crippen LogP contribution in [0.3, 0.4) is 0 Å². The van der Waals surface area contributed by atoms with Crippen molar-refractivity contribution in [3.8, 4) is 5.75 Å². The molecule has 1 aliphatic carbocycles. The average Bonchev–Trinajstić information content (AvgIpc) is 3.18. The number of nitrogens with one attached hydrogen (secondary N) is 2. The Labute approximate surface area is 197 Å². The van der Waals surface area contributed by atoms with Crippen molar-refractivity contribution in [3.05, 3.63) is 40.3 Å². The van der Waals surface area contributed by atoms with Crippen molar-refractivity contribution in [1.29, 1.82) is 0 Å². The molecule has 8 nitrogen and oxygen atoms in total. The van der Waals surface area contributed by atoms with Crippen LogP contribution in [0.2, 0.25) is 0 Å². The van der Waals surface area contributed by atoms with E-state index in [4.69, 9.17) is 9.47 Å². The topological polar surface area (TPSA) is 97.0 Å². The number of hydrogen-bond donors (Lipinski definition) is 2. The lowest BCUT2D eigenvalue weighted by Crippen LogP contribution is -2.60. The Kier molecular flexibility index (Phi) is 6.71. The number of aryl methyl sites for hydroxylation is 1. The molecule has 2 N–H and O–H groups in total. The summed E-state index contributed by atoms with van der Waals surface area (Å²) in [6, 6.07) is 7.17. The first kappa shape index (κ1) is 23.3. The molecule has 1 aliphatic heterocycles. The molecule has 0 fully saturated rings. The zero-order chi connectivity index (χ0) is 23.6. The van der Waals surface area contributed by atoms with E-state index in [2.05, 4.69) is 10.6 Å². The minimum Gasteiger partial charge on any atom is -0.465 e. The predicted molar refractivity (Wildman–Crippen MR) is 127 cm³/mol. The molecule has 1 atom stereocenters. The maximum absolute atomic E-state index is 13.5. The standard InChI is InChI=1S/C24H29N3O5S/c1-4-27-16-10-6-7-11-17(16)32-24(2,23(27)30)22(29)26-21-19(20(28)25-13-14-31-3)15-9-5-8-12-18(15)33-21/h6-7,10-11H,4-5,8-9,12-14H2,1-3H3,(H,25,28)(H,26,29). The molecule has 0 bridgehead atoms. The van der Waals surface area contributed by atoms with Gasteiger partial charge in [0.25, 0.3) is 23.3 Å². The summed E-state index contributed by atoms with van der Waals surface area (Å²) in [4.78, 5) is 42.5. The molecule has 1 aromatic carbocycles. The van der Waals surface area contributed by atoms with Gasteiger partial charge >= 0.3 is 0 Å². The molecule has 176 valence electrons. The van der Waals surface area contributed by atoms with E-state index in [1.807, 2.05) is 13.0 Å². The fourth-order valence-electron chi connectivity index (χ4n) is 4.33. The van der Waals surface area contributed by atoms with Crippen LogP contribution in [0.5, 0.6) is 5.75 Å². The van der Waals surface area contributed by atoms with Gasteiger partial charge in [0.2, 0.25) is 0 Å². The minimum absolute atomic E-state index is 0.247. The molecule has 3 amide bonds. The van der Waals surface area contributed by atoms with E-state index in [0.29, 0.717) is 41.7 Å². The zero-order valence-corrected chi connectivity index (χ0v) is 20.0. The van der Waals surface area contributed by atoms with Crippen molar-refractivity contribution >= 4 is 39.7 Å². The highest BCUT2D eigenvalue weighted by atomic mass is 32.1. The molecule has 0 saturated heterocycles. The normalized spacial score (nSPS) is 19.4. The number of benzene rings is 1. The number of hydrogen-bond acceptors (Lipinski definition) is 6. The number of carbonyl (C=O) groups is 3. The SMILES string of the molecule is CCN1C(=O)C(C)(C(=O)Nc2sc3c(c2C(=O)NCCOC)CCCC3)Oc2ccccc21. The molecule has 0 radical (unpaired) electrons. The van der Waals surface area contributed by atoms with E-state index in [1.165, 1.54) is 18.3 Å². The summed E-state index contributed by atoms with van der Waals surface area (Å²) in [6.45, 7) is 4.51. The first-order valence-electron chi connectivity index (χ1n) is 11.2. The fourth-order valence-corrected chi connectivity index (χ4v) is 5.61. The maximum Gasteiger partial charge on any atom is 0.280 e. The number of anilines is 2. The van der Waals surface area contributed by atoms with Crippen molar-refractivity contribution in [1.82, 2.24) is 5.32 Å². The third-order valence-corrected chi connectivity index (χ3v) is 7.30. The molecule has 1 aromatic heterocycles. The summed E-state index contributed by atoms with van der Waals surface area (Å²) < 4.78 is 11.0. The van der Waals surface area contributed by atoms with E-state index in [9.17, 15) is 14.4 Å². The van der Waals surface area contributed by atoms with Gasteiger partial charge in [-0.15, -0.1) is 11.3 Å². The van der Waals surface area contributed by atoms with E-state index in [0.717, 1.165) is 36.1 Å². The molecule has 2 aromatic rings. The minimum atomic E-state index is -1.75. The van der Waals surface area contributed by atoms with Crippen molar-refractivity contribution in [3.63, 3.8) is 0 Å². The van der Waals surface area contributed by atoms with E-state index < -0.39 is 17.4 Å². The molecule has 9 heteroatoms. The molecule has 2 aliphatic rings. The molecular weight excluding hydrogens is 442 g/mol. The third kappa shape index (κ3) is 4.22. The van der Waals surface area contributed by atoms with Crippen molar-refractivity contribution < 1.29 is 23.9 Å². The quantitative estimate of drug-likeness (QED) is 0.478. The third-order valence-electron chi connectivity index (χ3n) is 6.09. The van der Waals surface area contributed by atoms with Crippen LogP contribution < -0.4 is 20.3 Å². The number of fused-ring (bicyclic) bond motifs is 2. The van der Waals surface area contributed by atoms with Crippen LogP contribution in [-0.2, 0) is 27.2 Å². The molecule has 0 spiro atoms. The number of ether oxygens (including phenoxy) is 2. The van der Waals surface area contributed by atoms with Crippen LogP contribution in [0.1, 0.15) is 47.5 Å². The number of likely N-dealkylation sites (N-methyl/N-ethyl adjacent to an activating group) is 1. The maximum atomic E-state index is 13.5. The Morgan fingerprint density at radius 1 is 1.24 bits per heavy atom. The van der Waals surface area contributed by atoms with Crippen LogP contribution in [0, 0.1) is 0 Å². The second-order valence-electron chi connectivity index (χ2n) is 8.27. The van der Waals surface area contributed by atoms with Crippen LogP contribution in [0.25, 0.3) is 0 Å². The average molecular weight is 472 g/mol. The van der Waals surface area contributed by atoms with Crippen LogP contribution in [0.4, 0.5) is 10.7 Å². The highest BCUT2D eigenvalue weighted by Crippen LogP contribution is 2.41. The number of rotatable bonds is 7. The fraction of sp³-hybridized carbons (Fsp3) is 0.458. The predicted octanol–water partition coefficient (Wildman–Crippen LogP) is 3.15. The van der Waals surface area contributed by atoms with Crippen molar-refractivity contribution in [2.75, 3.05) is 37.0 Å². The smallest absolute Gasteiger partial charge is 0.280 e. The van der Waals surface area contributed by atoms with E-state index in [1.54, 1.807) is 30.2 Å². The summed E-state index contributed by atoms with van der Waals surface area (Å²) in [6.07, 6.45) is 3.71. The van der Waals surface area contributed by atoms with Crippen LogP contribution in [0.15, 0.2) is 24.3 Å². The Morgan fingerprint density at radius 3 is 2.76 bits per heavy atom. The highest BCUT2D eigenvalue weighted by molar-refractivity contribution is 7.17. The van der Waals surface area contributed by atoms with Gasteiger partial charge in [0, 0.05) is 25.1 Å².